The maximum absolute atomic E-state index is 12.7. The molecule has 2 saturated heterocycles. The van der Waals surface area contributed by atoms with E-state index in [0.717, 1.165) is 25.7 Å². The summed E-state index contributed by atoms with van der Waals surface area (Å²) in [6, 6.07) is 6.99. The molecule has 2 amide bonds. The molecule has 3 rings (SSSR count). The lowest BCUT2D eigenvalue weighted by Gasteiger charge is -2.44. The molecule has 1 unspecified atom stereocenters. The molecule has 25 heavy (non-hydrogen) atoms. The van der Waals surface area contributed by atoms with Crippen molar-refractivity contribution in [3.8, 4) is 5.75 Å². The molecule has 2 aliphatic heterocycles. The molecule has 7 nitrogen and oxygen atoms in total. The normalized spacial score (nSPS) is 24.5. The molecule has 0 saturated carbocycles. The zero-order chi connectivity index (χ0) is 18.1. The van der Waals surface area contributed by atoms with Gasteiger partial charge in [-0.05, 0) is 37.8 Å². The van der Waals surface area contributed by atoms with Crippen LogP contribution in [0.5, 0.6) is 5.75 Å². The van der Waals surface area contributed by atoms with Gasteiger partial charge in [-0.15, -0.1) is 0 Å². The summed E-state index contributed by atoms with van der Waals surface area (Å²) in [7, 11) is -1.69. The first-order chi connectivity index (χ1) is 11.8. The molecular formula is C17H25N3O4S. The van der Waals surface area contributed by atoms with Gasteiger partial charge in [0.2, 0.25) is 10.0 Å². The maximum atomic E-state index is 12.7. The number of hydrogen-bond donors (Lipinski definition) is 1. The van der Waals surface area contributed by atoms with E-state index in [-0.39, 0.29) is 6.03 Å². The van der Waals surface area contributed by atoms with E-state index in [1.165, 1.54) is 6.26 Å². The first-order valence-electron chi connectivity index (χ1n) is 8.52. The number of nitrogens with zero attached hydrogens (tertiary/aromatic N) is 2. The number of sulfonamides is 1. The third kappa shape index (κ3) is 3.74. The van der Waals surface area contributed by atoms with Gasteiger partial charge in [-0.25, -0.2) is 13.2 Å². The van der Waals surface area contributed by atoms with Gasteiger partial charge in [-0.3, -0.25) is 0 Å². The quantitative estimate of drug-likeness (QED) is 0.887. The summed E-state index contributed by atoms with van der Waals surface area (Å²) in [6.07, 6.45) is 4.53. The Kier molecular flexibility index (Phi) is 4.92. The number of benzene rings is 1. The number of amides is 2. The van der Waals surface area contributed by atoms with E-state index in [0.29, 0.717) is 31.1 Å². The smallest absolute Gasteiger partial charge is 0.321 e. The summed E-state index contributed by atoms with van der Waals surface area (Å²) < 4.78 is 31.0. The molecule has 0 aliphatic carbocycles. The molecule has 1 aromatic carbocycles. The van der Waals surface area contributed by atoms with Crippen LogP contribution >= 0.6 is 0 Å². The van der Waals surface area contributed by atoms with Crippen LogP contribution in [0.3, 0.4) is 0 Å². The highest BCUT2D eigenvalue weighted by atomic mass is 32.2. The fourth-order valence-electron chi connectivity index (χ4n) is 4.03. The number of nitrogens with one attached hydrogen (secondary N) is 1. The Bertz CT molecular complexity index is 752. The van der Waals surface area contributed by atoms with Crippen LogP contribution in [0.25, 0.3) is 0 Å². The number of methoxy groups -OCH3 is 1. The number of piperidine rings is 1. The first-order valence-corrected chi connectivity index (χ1v) is 10.4. The van der Waals surface area contributed by atoms with Crippen LogP contribution in [0.4, 0.5) is 10.5 Å². The molecule has 2 heterocycles. The van der Waals surface area contributed by atoms with E-state index in [9.17, 15) is 13.2 Å². The summed E-state index contributed by atoms with van der Waals surface area (Å²) in [5, 5.41) is 2.89. The van der Waals surface area contributed by atoms with Gasteiger partial charge in [0.1, 0.15) is 5.75 Å². The monoisotopic (exact) mass is 367 g/mol. The predicted molar refractivity (Wildman–Crippen MR) is 96.3 cm³/mol. The fourth-order valence-corrected chi connectivity index (χ4v) is 5.43. The van der Waals surface area contributed by atoms with Crippen LogP contribution in [-0.4, -0.2) is 62.2 Å². The highest BCUT2D eigenvalue weighted by Gasteiger charge is 2.48. The van der Waals surface area contributed by atoms with Gasteiger partial charge >= 0.3 is 6.03 Å². The van der Waals surface area contributed by atoms with Crippen LogP contribution in [-0.2, 0) is 10.0 Å². The SMILES string of the molecule is COc1cccc(NC(=O)N2CCCC3(CCCN3S(C)(=O)=O)C2)c1. The average molecular weight is 367 g/mol. The third-order valence-electron chi connectivity index (χ3n) is 5.10. The summed E-state index contributed by atoms with van der Waals surface area (Å²) in [5.41, 5.74) is 0.216. The Balaban J connectivity index is 1.73. The van der Waals surface area contributed by atoms with Crippen LogP contribution in [0.2, 0.25) is 0 Å². The minimum Gasteiger partial charge on any atom is -0.497 e. The van der Waals surface area contributed by atoms with Crippen molar-refractivity contribution in [2.24, 2.45) is 0 Å². The second kappa shape index (κ2) is 6.84. The molecule has 0 radical (unpaired) electrons. The number of urea groups is 1. The van der Waals surface area contributed by atoms with Crippen molar-refractivity contribution in [3.63, 3.8) is 0 Å². The number of ether oxygens (including phenoxy) is 1. The fraction of sp³-hybridized carbons (Fsp3) is 0.588. The summed E-state index contributed by atoms with van der Waals surface area (Å²) in [4.78, 5) is 14.4. The van der Waals surface area contributed by atoms with Gasteiger partial charge in [0.05, 0.1) is 18.9 Å². The van der Waals surface area contributed by atoms with Gasteiger partial charge in [0, 0.05) is 31.4 Å². The second-order valence-corrected chi connectivity index (χ2v) is 8.76. The zero-order valence-corrected chi connectivity index (χ0v) is 15.5. The minimum atomic E-state index is -3.27. The Morgan fingerprint density at radius 2 is 1.96 bits per heavy atom. The number of anilines is 1. The van der Waals surface area contributed by atoms with Crippen molar-refractivity contribution in [2.75, 3.05) is 38.3 Å². The molecule has 1 aromatic rings. The van der Waals surface area contributed by atoms with Crippen molar-refractivity contribution >= 4 is 21.7 Å². The average Bonchev–Trinajstić information content (AvgIpc) is 2.98. The molecule has 0 bridgehead atoms. The van der Waals surface area contributed by atoms with E-state index >= 15 is 0 Å². The summed E-state index contributed by atoms with van der Waals surface area (Å²) >= 11 is 0. The Morgan fingerprint density at radius 1 is 1.24 bits per heavy atom. The summed E-state index contributed by atoms with van der Waals surface area (Å²) in [6.45, 7) is 1.62. The molecule has 2 fully saturated rings. The number of rotatable bonds is 3. The van der Waals surface area contributed by atoms with Crippen molar-refractivity contribution in [3.05, 3.63) is 24.3 Å². The standard InChI is InChI=1S/C17H25N3O4S/c1-24-15-7-3-6-14(12-15)18-16(21)19-10-4-8-17(13-19)9-5-11-20(17)25(2,22)23/h3,6-7,12H,4-5,8-11,13H2,1-2H3,(H,18,21). The van der Waals surface area contributed by atoms with Crippen molar-refractivity contribution < 1.29 is 17.9 Å². The van der Waals surface area contributed by atoms with Gasteiger partial charge in [-0.1, -0.05) is 6.07 Å². The second-order valence-electron chi connectivity index (χ2n) is 6.85. The lowest BCUT2D eigenvalue weighted by atomic mass is 9.88. The maximum Gasteiger partial charge on any atom is 0.321 e. The number of hydrogen-bond acceptors (Lipinski definition) is 4. The number of carbonyl (C=O) groups is 1. The summed E-state index contributed by atoms with van der Waals surface area (Å²) in [5.74, 6) is 0.673. The molecule has 1 atom stereocenters. The topological polar surface area (TPSA) is 79.0 Å². The predicted octanol–water partition coefficient (Wildman–Crippen LogP) is 2.12. The highest BCUT2D eigenvalue weighted by molar-refractivity contribution is 7.88. The molecule has 1 N–H and O–H groups in total. The molecular weight excluding hydrogens is 342 g/mol. The molecule has 0 aromatic heterocycles. The van der Waals surface area contributed by atoms with E-state index in [4.69, 9.17) is 4.74 Å². The van der Waals surface area contributed by atoms with Gasteiger partial charge in [-0.2, -0.15) is 4.31 Å². The molecule has 8 heteroatoms. The van der Waals surface area contributed by atoms with E-state index in [1.54, 1.807) is 28.4 Å². The molecule has 1 spiro atoms. The Hall–Kier alpha value is -1.80. The van der Waals surface area contributed by atoms with Crippen molar-refractivity contribution in [2.45, 2.75) is 31.2 Å². The third-order valence-corrected chi connectivity index (χ3v) is 6.47. The van der Waals surface area contributed by atoms with Crippen molar-refractivity contribution in [1.82, 2.24) is 9.21 Å². The van der Waals surface area contributed by atoms with Crippen LogP contribution in [0.1, 0.15) is 25.7 Å². The molecule has 138 valence electrons. The number of likely N-dealkylation sites (tertiary alicyclic amines) is 1. The van der Waals surface area contributed by atoms with Gasteiger partial charge in [0.25, 0.3) is 0 Å². The van der Waals surface area contributed by atoms with Gasteiger partial charge in [0.15, 0.2) is 0 Å². The van der Waals surface area contributed by atoms with Crippen LogP contribution < -0.4 is 10.1 Å². The van der Waals surface area contributed by atoms with Crippen LogP contribution in [0.15, 0.2) is 24.3 Å². The molecule has 2 aliphatic rings. The van der Waals surface area contributed by atoms with Crippen molar-refractivity contribution in [1.29, 1.82) is 0 Å². The zero-order valence-electron chi connectivity index (χ0n) is 14.7. The van der Waals surface area contributed by atoms with E-state index < -0.39 is 15.6 Å². The van der Waals surface area contributed by atoms with Gasteiger partial charge < -0.3 is 15.0 Å². The minimum absolute atomic E-state index is 0.201. The largest absolute Gasteiger partial charge is 0.497 e. The Morgan fingerprint density at radius 3 is 2.64 bits per heavy atom. The lowest BCUT2D eigenvalue weighted by Crippen LogP contribution is -2.58. The number of carbonyl (C=O) groups excluding carboxylic acids is 1. The van der Waals surface area contributed by atoms with E-state index in [2.05, 4.69) is 5.32 Å². The Labute approximate surface area is 149 Å². The van der Waals surface area contributed by atoms with E-state index in [1.807, 2.05) is 12.1 Å². The lowest BCUT2D eigenvalue weighted by molar-refractivity contribution is 0.109. The first kappa shape index (κ1) is 18.0. The highest BCUT2D eigenvalue weighted by Crippen LogP contribution is 2.38. The van der Waals surface area contributed by atoms with Crippen LogP contribution in [0, 0.1) is 0 Å².